The molecule has 0 aliphatic carbocycles. The van der Waals surface area contributed by atoms with Crippen molar-refractivity contribution in [1.29, 1.82) is 5.26 Å². The first-order chi connectivity index (χ1) is 8.34. The first-order valence-corrected chi connectivity index (χ1v) is 6.25. The first-order valence-electron chi connectivity index (χ1n) is 6.25. The Labute approximate surface area is 106 Å². The zero-order chi connectivity index (χ0) is 13.8. The average Bonchev–Trinajstić information content (AvgIpc) is 2.71. The van der Waals surface area contributed by atoms with Gasteiger partial charge in [-0.05, 0) is 39.3 Å². The van der Waals surface area contributed by atoms with Crippen molar-refractivity contribution in [3.63, 3.8) is 0 Å². The SMILES string of the molecule is CC(C)N1CCC(CNCC(C#N)C(F)(F)F)C1. The minimum Gasteiger partial charge on any atom is -0.315 e. The van der Waals surface area contributed by atoms with Crippen molar-refractivity contribution in [1.82, 2.24) is 10.2 Å². The fourth-order valence-corrected chi connectivity index (χ4v) is 2.16. The van der Waals surface area contributed by atoms with Gasteiger partial charge in [-0.15, -0.1) is 0 Å². The summed E-state index contributed by atoms with van der Waals surface area (Å²) in [5.41, 5.74) is 0. The molecular weight excluding hydrogens is 243 g/mol. The van der Waals surface area contributed by atoms with Gasteiger partial charge in [-0.1, -0.05) is 0 Å². The predicted molar refractivity (Wildman–Crippen MR) is 62.8 cm³/mol. The van der Waals surface area contributed by atoms with Crippen LogP contribution >= 0.6 is 0 Å². The van der Waals surface area contributed by atoms with Crippen molar-refractivity contribution in [3.05, 3.63) is 0 Å². The predicted octanol–water partition coefficient (Wildman–Crippen LogP) is 2.01. The lowest BCUT2D eigenvalue weighted by Crippen LogP contribution is -2.36. The molecule has 6 heteroatoms. The zero-order valence-corrected chi connectivity index (χ0v) is 10.8. The Morgan fingerprint density at radius 1 is 1.44 bits per heavy atom. The Balaban J connectivity index is 2.25. The van der Waals surface area contributed by atoms with Gasteiger partial charge in [0.25, 0.3) is 0 Å². The number of hydrogen-bond acceptors (Lipinski definition) is 3. The van der Waals surface area contributed by atoms with Gasteiger partial charge >= 0.3 is 6.18 Å². The molecule has 1 heterocycles. The molecule has 0 aromatic carbocycles. The van der Waals surface area contributed by atoms with E-state index >= 15 is 0 Å². The molecule has 3 nitrogen and oxygen atoms in total. The fourth-order valence-electron chi connectivity index (χ4n) is 2.16. The molecule has 0 spiro atoms. The summed E-state index contributed by atoms with van der Waals surface area (Å²) in [6.45, 7) is 6.41. The summed E-state index contributed by atoms with van der Waals surface area (Å²) in [5, 5.41) is 11.2. The summed E-state index contributed by atoms with van der Waals surface area (Å²) in [4.78, 5) is 2.32. The lowest BCUT2D eigenvalue weighted by molar-refractivity contribution is -0.157. The summed E-state index contributed by atoms with van der Waals surface area (Å²) in [7, 11) is 0. The van der Waals surface area contributed by atoms with E-state index in [4.69, 9.17) is 5.26 Å². The number of hydrogen-bond donors (Lipinski definition) is 1. The van der Waals surface area contributed by atoms with Crippen LogP contribution in [0.5, 0.6) is 0 Å². The van der Waals surface area contributed by atoms with E-state index in [-0.39, 0.29) is 6.54 Å². The van der Waals surface area contributed by atoms with E-state index in [1.165, 1.54) is 6.07 Å². The number of alkyl halides is 3. The van der Waals surface area contributed by atoms with E-state index in [0.29, 0.717) is 18.5 Å². The van der Waals surface area contributed by atoms with Crippen LogP contribution in [0.2, 0.25) is 0 Å². The number of rotatable bonds is 5. The van der Waals surface area contributed by atoms with Gasteiger partial charge in [0.15, 0.2) is 5.92 Å². The molecule has 2 unspecified atom stereocenters. The second-order valence-corrected chi connectivity index (χ2v) is 5.12. The molecule has 0 aromatic heterocycles. The molecule has 2 atom stereocenters. The minimum absolute atomic E-state index is 0.307. The van der Waals surface area contributed by atoms with E-state index in [9.17, 15) is 13.2 Å². The molecule has 1 fully saturated rings. The van der Waals surface area contributed by atoms with E-state index in [1.54, 1.807) is 0 Å². The van der Waals surface area contributed by atoms with Crippen LogP contribution in [-0.2, 0) is 0 Å². The molecule has 0 bridgehead atoms. The van der Waals surface area contributed by atoms with Crippen LogP contribution in [0.1, 0.15) is 20.3 Å². The second-order valence-electron chi connectivity index (χ2n) is 5.12. The van der Waals surface area contributed by atoms with Gasteiger partial charge in [-0.3, -0.25) is 0 Å². The van der Waals surface area contributed by atoms with Crippen molar-refractivity contribution in [2.45, 2.75) is 32.5 Å². The molecular formula is C12H20F3N3. The minimum atomic E-state index is -4.43. The third-order valence-electron chi connectivity index (χ3n) is 3.38. The average molecular weight is 263 g/mol. The number of likely N-dealkylation sites (tertiary alicyclic amines) is 1. The Hall–Kier alpha value is -0.800. The summed E-state index contributed by atoms with van der Waals surface area (Å²) in [6, 6.07) is 1.78. The fraction of sp³-hybridized carbons (Fsp3) is 0.917. The highest BCUT2D eigenvalue weighted by molar-refractivity contribution is 4.90. The van der Waals surface area contributed by atoms with Gasteiger partial charge in [0.1, 0.15) is 0 Å². The largest absolute Gasteiger partial charge is 0.405 e. The van der Waals surface area contributed by atoms with Crippen molar-refractivity contribution >= 4 is 0 Å². The van der Waals surface area contributed by atoms with Crippen LogP contribution < -0.4 is 5.32 Å². The van der Waals surface area contributed by atoms with Gasteiger partial charge in [-0.2, -0.15) is 18.4 Å². The summed E-state index contributed by atoms with van der Waals surface area (Å²) < 4.78 is 37.0. The molecule has 18 heavy (non-hydrogen) atoms. The van der Waals surface area contributed by atoms with Crippen molar-refractivity contribution in [2.75, 3.05) is 26.2 Å². The van der Waals surface area contributed by atoms with Crippen molar-refractivity contribution in [2.24, 2.45) is 11.8 Å². The molecule has 1 aliphatic heterocycles. The van der Waals surface area contributed by atoms with Crippen LogP contribution in [0.15, 0.2) is 0 Å². The number of nitrogens with one attached hydrogen (secondary N) is 1. The molecule has 104 valence electrons. The van der Waals surface area contributed by atoms with Gasteiger partial charge < -0.3 is 10.2 Å². The topological polar surface area (TPSA) is 39.1 Å². The van der Waals surface area contributed by atoms with E-state index in [0.717, 1.165) is 19.5 Å². The Kier molecular flexibility index (Phi) is 5.42. The van der Waals surface area contributed by atoms with Crippen LogP contribution in [0.3, 0.4) is 0 Å². The molecule has 1 N–H and O–H groups in total. The summed E-state index contributed by atoms with van der Waals surface area (Å²) in [6.07, 6.45) is -3.42. The first kappa shape index (κ1) is 15.3. The highest BCUT2D eigenvalue weighted by Crippen LogP contribution is 2.25. The Morgan fingerprint density at radius 3 is 2.56 bits per heavy atom. The van der Waals surface area contributed by atoms with E-state index < -0.39 is 12.1 Å². The van der Waals surface area contributed by atoms with Crippen LogP contribution in [0, 0.1) is 23.2 Å². The highest BCUT2D eigenvalue weighted by atomic mass is 19.4. The lowest BCUT2D eigenvalue weighted by Gasteiger charge is -2.20. The maximum Gasteiger partial charge on any atom is 0.405 e. The normalized spacial score (nSPS) is 23.3. The molecule has 0 aromatic rings. The number of nitrogens with zero attached hydrogens (tertiary/aromatic N) is 2. The number of halogens is 3. The molecule has 0 radical (unpaired) electrons. The van der Waals surface area contributed by atoms with Crippen LogP contribution in [-0.4, -0.2) is 43.3 Å². The van der Waals surface area contributed by atoms with Crippen molar-refractivity contribution in [3.8, 4) is 6.07 Å². The third-order valence-corrected chi connectivity index (χ3v) is 3.38. The number of nitriles is 1. The van der Waals surface area contributed by atoms with E-state index in [2.05, 4.69) is 24.1 Å². The standard InChI is InChI=1S/C12H20F3N3/c1-9(2)18-4-3-10(8-18)6-17-7-11(5-16)12(13,14)15/h9-11,17H,3-4,6-8H2,1-2H3. The van der Waals surface area contributed by atoms with Gasteiger partial charge in [0.05, 0.1) is 6.07 Å². The molecule has 1 aliphatic rings. The summed E-state index contributed by atoms with van der Waals surface area (Å²) in [5.74, 6) is -1.51. The Bertz CT molecular complexity index is 296. The molecule has 0 amide bonds. The smallest absolute Gasteiger partial charge is 0.315 e. The second kappa shape index (κ2) is 6.39. The van der Waals surface area contributed by atoms with Gasteiger partial charge in [0, 0.05) is 19.1 Å². The van der Waals surface area contributed by atoms with Crippen LogP contribution in [0.25, 0.3) is 0 Å². The molecule has 1 rings (SSSR count). The van der Waals surface area contributed by atoms with Gasteiger partial charge in [-0.25, -0.2) is 0 Å². The maximum atomic E-state index is 12.3. The van der Waals surface area contributed by atoms with E-state index in [1.807, 2.05) is 0 Å². The molecule has 0 saturated carbocycles. The molecule has 1 saturated heterocycles. The summed E-state index contributed by atoms with van der Waals surface area (Å²) >= 11 is 0. The van der Waals surface area contributed by atoms with Gasteiger partial charge in [0.2, 0.25) is 0 Å². The maximum absolute atomic E-state index is 12.3. The third kappa shape index (κ3) is 4.46. The monoisotopic (exact) mass is 263 g/mol. The van der Waals surface area contributed by atoms with Crippen molar-refractivity contribution < 1.29 is 13.2 Å². The Morgan fingerprint density at radius 2 is 2.11 bits per heavy atom. The highest BCUT2D eigenvalue weighted by Gasteiger charge is 2.39. The quantitative estimate of drug-likeness (QED) is 0.824. The lowest BCUT2D eigenvalue weighted by atomic mass is 10.1. The van der Waals surface area contributed by atoms with Crippen LogP contribution in [0.4, 0.5) is 13.2 Å². The zero-order valence-electron chi connectivity index (χ0n) is 10.8.